The van der Waals surface area contributed by atoms with E-state index in [1.807, 2.05) is 88.0 Å². The van der Waals surface area contributed by atoms with Crippen LogP contribution in [0.1, 0.15) is 44.3 Å². The summed E-state index contributed by atoms with van der Waals surface area (Å²) in [5, 5.41) is 2.97. The molecule has 7 nitrogen and oxygen atoms in total. The Morgan fingerprint density at radius 1 is 1.09 bits per heavy atom. The Hall–Kier alpha value is -3.87. The van der Waals surface area contributed by atoms with Crippen molar-refractivity contribution in [2.45, 2.75) is 18.9 Å². The third-order valence-electron chi connectivity index (χ3n) is 6.20. The van der Waals surface area contributed by atoms with Crippen LogP contribution >= 0.6 is 0 Å². The van der Waals surface area contributed by atoms with E-state index >= 15 is 0 Å². The molecular weight excluding hydrogens is 402 g/mol. The first kappa shape index (κ1) is 20.1. The predicted octanol–water partition coefficient (Wildman–Crippen LogP) is 3.23. The van der Waals surface area contributed by atoms with Crippen LogP contribution in [-0.2, 0) is 13.6 Å². The summed E-state index contributed by atoms with van der Waals surface area (Å²) in [6.07, 6.45) is 8.39. The summed E-state index contributed by atoms with van der Waals surface area (Å²) < 4.78 is 3.79. The van der Waals surface area contributed by atoms with E-state index in [-0.39, 0.29) is 17.7 Å². The molecule has 2 amide bonds. The standard InChI is InChI=1S/C25H25N5O2/c1-28-11-2-3-22(28)25(32)30-13-9-21(17-30)19-4-6-20(7-5-19)24(31)27-16-18-8-12-29-14-10-26-23(29)15-18/h2-8,10-12,14-15,21H,9,13,16-17H2,1H3,(H,27,31). The van der Waals surface area contributed by atoms with Crippen molar-refractivity contribution in [3.05, 3.63) is 95.7 Å². The van der Waals surface area contributed by atoms with Gasteiger partial charge in [-0.3, -0.25) is 9.59 Å². The van der Waals surface area contributed by atoms with Crippen molar-refractivity contribution in [3.8, 4) is 0 Å². The summed E-state index contributed by atoms with van der Waals surface area (Å²) in [7, 11) is 1.89. The van der Waals surface area contributed by atoms with Crippen molar-refractivity contribution < 1.29 is 9.59 Å². The molecule has 4 aromatic rings. The van der Waals surface area contributed by atoms with Gasteiger partial charge in [0.25, 0.3) is 11.8 Å². The molecule has 1 fully saturated rings. The fourth-order valence-corrected chi connectivity index (χ4v) is 4.32. The van der Waals surface area contributed by atoms with Gasteiger partial charge in [-0.1, -0.05) is 12.1 Å². The molecule has 4 heterocycles. The second kappa shape index (κ2) is 8.34. The summed E-state index contributed by atoms with van der Waals surface area (Å²) in [5.41, 5.74) is 4.36. The smallest absolute Gasteiger partial charge is 0.270 e. The molecular formula is C25H25N5O2. The van der Waals surface area contributed by atoms with Gasteiger partial charge >= 0.3 is 0 Å². The molecule has 1 atom stereocenters. The second-order valence-electron chi connectivity index (χ2n) is 8.27. The maximum Gasteiger partial charge on any atom is 0.270 e. The monoisotopic (exact) mass is 427 g/mol. The number of carbonyl (C=O) groups excluding carboxylic acids is 2. The first-order chi connectivity index (χ1) is 15.6. The summed E-state index contributed by atoms with van der Waals surface area (Å²) in [5.74, 6) is 0.258. The number of pyridine rings is 1. The lowest BCUT2D eigenvalue weighted by Gasteiger charge is -2.17. The lowest BCUT2D eigenvalue weighted by molar-refractivity contribution is 0.0781. The summed E-state index contributed by atoms with van der Waals surface area (Å²) in [6.45, 7) is 1.90. The van der Waals surface area contributed by atoms with E-state index < -0.39 is 0 Å². The molecule has 0 aliphatic carbocycles. The number of nitrogens with zero attached hydrogens (tertiary/aromatic N) is 4. The molecule has 1 saturated heterocycles. The van der Waals surface area contributed by atoms with Crippen LogP contribution in [0, 0.1) is 0 Å². The number of nitrogens with one attached hydrogen (secondary N) is 1. The molecule has 1 aromatic carbocycles. The number of aryl methyl sites for hydroxylation is 1. The molecule has 1 aliphatic heterocycles. The van der Waals surface area contributed by atoms with Crippen LogP contribution in [-0.4, -0.2) is 43.8 Å². The van der Waals surface area contributed by atoms with Crippen molar-refractivity contribution in [3.63, 3.8) is 0 Å². The number of amides is 2. The van der Waals surface area contributed by atoms with Crippen LogP contribution in [0.2, 0.25) is 0 Å². The molecule has 0 spiro atoms. The van der Waals surface area contributed by atoms with Crippen molar-refractivity contribution >= 4 is 17.5 Å². The third kappa shape index (κ3) is 3.89. The second-order valence-corrected chi connectivity index (χ2v) is 8.27. The highest BCUT2D eigenvalue weighted by Gasteiger charge is 2.28. The van der Waals surface area contributed by atoms with Crippen LogP contribution in [0.25, 0.3) is 5.65 Å². The Morgan fingerprint density at radius 2 is 1.94 bits per heavy atom. The highest BCUT2D eigenvalue weighted by atomic mass is 16.2. The zero-order valence-corrected chi connectivity index (χ0v) is 17.9. The fraction of sp³-hybridized carbons (Fsp3) is 0.240. The van der Waals surface area contributed by atoms with Gasteiger partial charge in [0, 0.05) is 63.0 Å². The summed E-state index contributed by atoms with van der Waals surface area (Å²) in [6, 6.07) is 15.4. The van der Waals surface area contributed by atoms with Crippen molar-refractivity contribution in [1.82, 2.24) is 24.2 Å². The molecule has 5 rings (SSSR count). The number of aromatic nitrogens is 3. The number of benzene rings is 1. The molecule has 1 aliphatic rings. The van der Waals surface area contributed by atoms with Gasteiger partial charge < -0.3 is 19.2 Å². The predicted molar refractivity (Wildman–Crippen MR) is 121 cm³/mol. The number of hydrogen-bond acceptors (Lipinski definition) is 3. The Morgan fingerprint density at radius 3 is 2.72 bits per heavy atom. The van der Waals surface area contributed by atoms with Gasteiger partial charge in [0.2, 0.25) is 0 Å². The van der Waals surface area contributed by atoms with Crippen LogP contribution in [0.4, 0.5) is 0 Å². The normalized spacial score (nSPS) is 15.9. The number of hydrogen-bond donors (Lipinski definition) is 1. The third-order valence-corrected chi connectivity index (χ3v) is 6.20. The molecule has 7 heteroatoms. The van der Waals surface area contributed by atoms with Gasteiger partial charge in [0.05, 0.1) is 0 Å². The maximum absolute atomic E-state index is 12.7. The summed E-state index contributed by atoms with van der Waals surface area (Å²) >= 11 is 0. The van der Waals surface area contributed by atoms with E-state index in [2.05, 4.69) is 10.3 Å². The molecule has 1 N–H and O–H groups in total. The van der Waals surface area contributed by atoms with Crippen LogP contribution in [0.3, 0.4) is 0 Å². The zero-order chi connectivity index (χ0) is 22.1. The molecule has 162 valence electrons. The highest BCUT2D eigenvalue weighted by molar-refractivity contribution is 5.94. The minimum Gasteiger partial charge on any atom is -0.348 e. The zero-order valence-electron chi connectivity index (χ0n) is 17.9. The molecule has 0 radical (unpaired) electrons. The van der Waals surface area contributed by atoms with Gasteiger partial charge in [0.1, 0.15) is 11.3 Å². The van der Waals surface area contributed by atoms with Crippen LogP contribution in [0.15, 0.2) is 73.3 Å². The van der Waals surface area contributed by atoms with E-state index in [0.29, 0.717) is 24.3 Å². The Balaban J connectivity index is 1.19. The molecule has 0 saturated carbocycles. The minimum absolute atomic E-state index is 0.0736. The molecule has 1 unspecified atom stereocenters. The lowest BCUT2D eigenvalue weighted by Crippen LogP contribution is -2.29. The van der Waals surface area contributed by atoms with Gasteiger partial charge in [-0.05, 0) is 53.9 Å². The highest BCUT2D eigenvalue weighted by Crippen LogP contribution is 2.28. The number of imidazole rings is 1. The van der Waals surface area contributed by atoms with E-state index in [9.17, 15) is 9.59 Å². The average Bonchev–Trinajstić information content (AvgIpc) is 3.57. The van der Waals surface area contributed by atoms with E-state index in [1.54, 1.807) is 6.20 Å². The Labute approximate surface area is 186 Å². The van der Waals surface area contributed by atoms with Gasteiger partial charge in [-0.2, -0.15) is 0 Å². The average molecular weight is 428 g/mol. The molecule has 32 heavy (non-hydrogen) atoms. The first-order valence-electron chi connectivity index (χ1n) is 10.8. The largest absolute Gasteiger partial charge is 0.348 e. The van der Waals surface area contributed by atoms with Gasteiger partial charge in [-0.15, -0.1) is 0 Å². The minimum atomic E-state index is -0.105. The van der Waals surface area contributed by atoms with Crippen molar-refractivity contribution in [2.24, 2.45) is 7.05 Å². The lowest BCUT2D eigenvalue weighted by atomic mass is 9.97. The Kier molecular flexibility index (Phi) is 5.23. The van der Waals surface area contributed by atoms with Gasteiger partial charge in [-0.25, -0.2) is 4.98 Å². The topological polar surface area (TPSA) is 71.6 Å². The Bertz CT molecular complexity index is 1270. The van der Waals surface area contributed by atoms with Gasteiger partial charge in [0.15, 0.2) is 0 Å². The number of likely N-dealkylation sites (tertiary alicyclic amines) is 1. The van der Waals surface area contributed by atoms with Crippen LogP contribution in [0.5, 0.6) is 0 Å². The van der Waals surface area contributed by atoms with Crippen molar-refractivity contribution in [1.29, 1.82) is 0 Å². The SMILES string of the molecule is Cn1cccc1C(=O)N1CCC(c2ccc(C(=O)NCc3ccn4ccnc4c3)cc2)C1. The number of rotatable bonds is 5. The fourth-order valence-electron chi connectivity index (χ4n) is 4.32. The number of fused-ring (bicyclic) bond motifs is 1. The molecule has 3 aromatic heterocycles. The molecule has 0 bridgehead atoms. The van der Waals surface area contributed by atoms with E-state index in [0.717, 1.165) is 29.7 Å². The summed E-state index contributed by atoms with van der Waals surface area (Å²) in [4.78, 5) is 31.5. The maximum atomic E-state index is 12.7. The first-order valence-corrected chi connectivity index (χ1v) is 10.8. The van der Waals surface area contributed by atoms with E-state index in [1.165, 1.54) is 0 Å². The quantitative estimate of drug-likeness (QED) is 0.532. The van der Waals surface area contributed by atoms with Crippen molar-refractivity contribution in [2.75, 3.05) is 13.1 Å². The van der Waals surface area contributed by atoms with Crippen LogP contribution < -0.4 is 5.32 Å². The number of carbonyl (C=O) groups is 2. The van der Waals surface area contributed by atoms with E-state index in [4.69, 9.17) is 0 Å².